The minimum absolute atomic E-state index is 0.160. The van der Waals surface area contributed by atoms with Crippen molar-refractivity contribution < 1.29 is 0 Å². The van der Waals surface area contributed by atoms with Gasteiger partial charge in [-0.15, -0.1) is 11.3 Å². The van der Waals surface area contributed by atoms with Gasteiger partial charge in [-0.2, -0.15) is 0 Å². The van der Waals surface area contributed by atoms with Crippen molar-refractivity contribution in [1.29, 1.82) is 0 Å². The molecule has 2 aromatic rings. The van der Waals surface area contributed by atoms with Crippen molar-refractivity contribution in [3.8, 4) is 0 Å². The molecule has 0 aliphatic carbocycles. The monoisotopic (exact) mass is 324 g/mol. The van der Waals surface area contributed by atoms with Crippen LogP contribution >= 0.6 is 22.9 Å². The zero-order valence-electron chi connectivity index (χ0n) is 12.6. The Bertz CT molecular complexity index is 570. The number of rotatable bonds is 7. The van der Waals surface area contributed by atoms with Gasteiger partial charge >= 0.3 is 0 Å². The van der Waals surface area contributed by atoms with Gasteiger partial charge in [-0.3, -0.25) is 4.98 Å². The van der Waals surface area contributed by atoms with Crippen LogP contribution in [-0.4, -0.2) is 24.1 Å². The molecule has 6 heteroatoms. The Balaban J connectivity index is 2.04. The highest BCUT2D eigenvalue weighted by molar-refractivity contribution is 7.13. The number of anilines is 1. The standard InChI is InChI=1S/C15H21ClN4S/c1-4-6-13(14-12(16)7-5-8-17-14)18-9-11-10-21-15(19-11)20(2)3/h5,7-8,10,13,18H,4,6,9H2,1-3H3/t13-/m0/s1. The van der Waals surface area contributed by atoms with Crippen molar-refractivity contribution in [3.63, 3.8) is 0 Å². The molecule has 0 saturated heterocycles. The van der Waals surface area contributed by atoms with E-state index in [1.807, 2.05) is 31.1 Å². The highest BCUT2D eigenvalue weighted by Gasteiger charge is 2.15. The first kappa shape index (κ1) is 16.2. The van der Waals surface area contributed by atoms with Crippen molar-refractivity contribution >= 4 is 28.1 Å². The first-order valence-electron chi connectivity index (χ1n) is 7.07. The minimum atomic E-state index is 0.160. The van der Waals surface area contributed by atoms with Gasteiger partial charge in [0.25, 0.3) is 0 Å². The maximum atomic E-state index is 6.26. The van der Waals surface area contributed by atoms with E-state index in [2.05, 4.69) is 27.6 Å². The van der Waals surface area contributed by atoms with Crippen molar-refractivity contribution in [3.05, 3.63) is 40.1 Å². The molecule has 2 aromatic heterocycles. The number of hydrogen-bond donors (Lipinski definition) is 1. The van der Waals surface area contributed by atoms with Gasteiger partial charge < -0.3 is 10.2 Å². The third-order valence-electron chi connectivity index (χ3n) is 3.15. The van der Waals surface area contributed by atoms with Gasteiger partial charge in [0.1, 0.15) is 0 Å². The van der Waals surface area contributed by atoms with Crippen molar-refractivity contribution in [2.45, 2.75) is 32.4 Å². The normalized spacial score (nSPS) is 12.4. The van der Waals surface area contributed by atoms with Gasteiger partial charge in [0.15, 0.2) is 5.13 Å². The summed E-state index contributed by atoms with van der Waals surface area (Å²) in [6, 6.07) is 3.91. The van der Waals surface area contributed by atoms with E-state index in [0.717, 1.165) is 40.9 Å². The molecule has 0 amide bonds. The summed E-state index contributed by atoms with van der Waals surface area (Å²) >= 11 is 7.91. The highest BCUT2D eigenvalue weighted by atomic mass is 35.5. The smallest absolute Gasteiger partial charge is 0.185 e. The van der Waals surface area contributed by atoms with Gasteiger partial charge in [0.2, 0.25) is 0 Å². The number of thiazole rings is 1. The molecule has 0 unspecified atom stereocenters. The number of nitrogens with one attached hydrogen (secondary N) is 1. The second-order valence-electron chi connectivity index (χ2n) is 5.11. The summed E-state index contributed by atoms with van der Waals surface area (Å²) in [7, 11) is 4.01. The van der Waals surface area contributed by atoms with E-state index in [9.17, 15) is 0 Å². The quantitative estimate of drug-likeness (QED) is 0.839. The van der Waals surface area contributed by atoms with Crippen molar-refractivity contribution in [2.24, 2.45) is 0 Å². The Morgan fingerprint density at radius 2 is 2.24 bits per heavy atom. The van der Waals surface area contributed by atoms with E-state index >= 15 is 0 Å². The third-order valence-corrected chi connectivity index (χ3v) is 4.52. The summed E-state index contributed by atoms with van der Waals surface area (Å²) in [5.74, 6) is 0. The fourth-order valence-corrected chi connectivity index (χ4v) is 3.10. The Hall–Kier alpha value is -1.17. The molecule has 4 nitrogen and oxygen atoms in total. The molecule has 0 fully saturated rings. The maximum absolute atomic E-state index is 6.26. The van der Waals surface area contributed by atoms with E-state index in [-0.39, 0.29) is 6.04 Å². The molecular weight excluding hydrogens is 304 g/mol. The molecule has 0 bridgehead atoms. The molecule has 0 saturated carbocycles. The molecule has 0 radical (unpaired) electrons. The third kappa shape index (κ3) is 4.40. The summed E-state index contributed by atoms with van der Waals surface area (Å²) < 4.78 is 0. The number of halogens is 1. The molecular formula is C15H21ClN4S. The summed E-state index contributed by atoms with van der Waals surface area (Å²) in [4.78, 5) is 11.0. The predicted molar refractivity (Wildman–Crippen MR) is 90.2 cm³/mol. The molecule has 114 valence electrons. The number of pyridine rings is 1. The Labute approximate surface area is 135 Å². The molecule has 2 rings (SSSR count). The van der Waals surface area contributed by atoms with Crippen LogP contribution in [0.15, 0.2) is 23.7 Å². The van der Waals surface area contributed by atoms with Crippen LogP contribution < -0.4 is 10.2 Å². The summed E-state index contributed by atoms with van der Waals surface area (Å²) in [6.45, 7) is 2.89. The number of nitrogens with zero attached hydrogens (tertiary/aromatic N) is 3. The van der Waals surface area contributed by atoms with E-state index in [4.69, 9.17) is 11.6 Å². The van der Waals surface area contributed by atoms with E-state index in [1.54, 1.807) is 17.5 Å². The topological polar surface area (TPSA) is 41.0 Å². The van der Waals surface area contributed by atoms with Crippen LogP contribution in [0.1, 0.15) is 37.2 Å². The molecule has 0 aliphatic rings. The number of hydrogen-bond acceptors (Lipinski definition) is 5. The lowest BCUT2D eigenvalue weighted by molar-refractivity contribution is 0.480. The second kappa shape index (κ2) is 7.73. The van der Waals surface area contributed by atoms with Crippen LogP contribution in [0.5, 0.6) is 0 Å². The Morgan fingerprint density at radius 1 is 1.43 bits per heavy atom. The van der Waals surface area contributed by atoms with Crippen LogP contribution in [0.2, 0.25) is 5.02 Å². The minimum Gasteiger partial charge on any atom is -0.354 e. The fourth-order valence-electron chi connectivity index (χ4n) is 2.09. The lowest BCUT2D eigenvalue weighted by atomic mass is 10.1. The first-order valence-corrected chi connectivity index (χ1v) is 8.33. The molecule has 21 heavy (non-hydrogen) atoms. The second-order valence-corrected chi connectivity index (χ2v) is 6.35. The SMILES string of the molecule is CCC[C@H](NCc1csc(N(C)C)n1)c1ncccc1Cl. The molecule has 1 N–H and O–H groups in total. The Morgan fingerprint density at radius 3 is 2.86 bits per heavy atom. The lowest BCUT2D eigenvalue weighted by Gasteiger charge is -2.18. The van der Waals surface area contributed by atoms with Gasteiger partial charge in [-0.1, -0.05) is 24.9 Å². The molecule has 0 aromatic carbocycles. The zero-order valence-corrected chi connectivity index (χ0v) is 14.2. The predicted octanol–water partition coefficient (Wildman–Crippen LogP) is 3.89. The van der Waals surface area contributed by atoms with Crippen LogP contribution in [0.4, 0.5) is 5.13 Å². The van der Waals surface area contributed by atoms with Gasteiger partial charge in [-0.25, -0.2) is 4.98 Å². The van der Waals surface area contributed by atoms with Gasteiger partial charge in [0.05, 0.1) is 22.5 Å². The van der Waals surface area contributed by atoms with Crippen LogP contribution in [0, 0.1) is 0 Å². The van der Waals surface area contributed by atoms with Gasteiger partial charge in [0, 0.05) is 32.2 Å². The fraction of sp³-hybridized carbons (Fsp3) is 0.467. The average molecular weight is 325 g/mol. The molecule has 0 spiro atoms. The van der Waals surface area contributed by atoms with Gasteiger partial charge in [-0.05, 0) is 18.6 Å². The van der Waals surface area contributed by atoms with Crippen molar-refractivity contribution in [1.82, 2.24) is 15.3 Å². The highest BCUT2D eigenvalue weighted by Crippen LogP contribution is 2.25. The van der Waals surface area contributed by atoms with E-state index in [1.165, 1.54) is 0 Å². The summed E-state index contributed by atoms with van der Waals surface area (Å²) in [5, 5.41) is 7.35. The molecule has 0 aliphatic heterocycles. The number of aromatic nitrogens is 2. The summed E-state index contributed by atoms with van der Waals surface area (Å²) in [6.07, 6.45) is 3.87. The first-order chi connectivity index (χ1) is 10.1. The molecule has 1 atom stereocenters. The maximum Gasteiger partial charge on any atom is 0.185 e. The van der Waals surface area contributed by atoms with Crippen molar-refractivity contribution in [2.75, 3.05) is 19.0 Å². The van der Waals surface area contributed by atoms with E-state index in [0.29, 0.717) is 0 Å². The van der Waals surface area contributed by atoms with Crippen LogP contribution in [0.25, 0.3) is 0 Å². The van der Waals surface area contributed by atoms with E-state index < -0.39 is 0 Å². The molecule has 2 heterocycles. The van der Waals surface area contributed by atoms with Crippen LogP contribution in [-0.2, 0) is 6.54 Å². The Kier molecular flexibility index (Phi) is 5.96. The summed E-state index contributed by atoms with van der Waals surface area (Å²) in [5.41, 5.74) is 1.97. The lowest BCUT2D eigenvalue weighted by Crippen LogP contribution is -2.22. The zero-order chi connectivity index (χ0) is 15.2. The van der Waals surface area contributed by atoms with Crippen LogP contribution in [0.3, 0.4) is 0 Å². The largest absolute Gasteiger partial charge is 0.354 e. The average Bonchev–Trinajstić information content (AvgIpc) is 2.93.